The number of aromatic nitrogens is 2. The summed E-state index contributed by atoms with van der Waals surface area (Å²) in [4.78, 5) is 17.6. The van der Waals surface area contributed by atoms with E-state index in [1.807, 2.05) is 25.3 Å². The second-order valence-corrected chi connectivity index (χ2v) is 5.24. The van der Waals surface area contributed by atoms with E-state index in [0.29, 0.717) is 20.9 Å². The van der Waals surface area contributed by atoms with Crippen molar-refractivity contribution in [3.05, 3.63) is 44.1 Å². The third-order valence-corrected chi connectivity index (χ3v) is 4.09. The molecule has 0 N–H and O–H groups in total. The lowest BCUT2D eigenvalue weighted by atomic mass is 10.1. The van der Waals surface area contributed by atoms with E-state index in [9.17, 15) is 4.79 Å². The van der Waals surface area contributed by atoms with Crippen molar-refractivity contribution in [3.63, 3.8) is 0 Å². The smallest absolute Gasteiger partial charge is 0.268 e. The van der Waals surface area contributed by atoms with E-state index in [2.05, 4.69) is 4.98 Å². The second kappa shape index (κ2) is 3.55. The van der Waals surface area contributed by atoms with Gasteiger partial charge in [-0.25, -0.2) is 4.98 Å². The first-order chi connectivity index (χ1) is 8.09. The summed E-state index contributed by atoms with van der Waals surface area (Å²) in [5.74, 6) is 0. The van der Waals surface area contributed by atoms with Crippen molar-refractivity contribution < 1.29 is 0 Å². The lowest BCUT2D eigenvalue weighted by Gasteiger charge is -2.04. The molecule has 0 saturated carbocycles. The van der Waals surface area contributed by atoms with Crippen LogP contribution in [0.1, 0.15) is 11.3 Å². The summed E-state index contributed by atoms with van der Waals surface area (Å²) in [6, 6.07) is 3.63. The molecule has 0 radical (unpaired) electrons. The Morgan fingerprint density at radius 2 is 2.12 bits per heavy atom. The van der Waals surface area contributed by atoms with Crippen LogP contribution in [0.15, 0.2) is 22.3 Å². The van der Waals surface area contributed by atoms with Crippen LogP contribution in [0, 0.1) is 13.8 Å². The highest BCUT2D eigenvalue weighted by Gasteiger charge is 2.12. The van der Waals surface area contributed by atoms with Crippen LogP contribution in [0.3, 0.4) is 0 Å². The minimum atomic E-state index is -0.0857. The quantitative estimate of drug-likeness (QED) is 0.625. The van der Waals surface area contributed by atoms with E-state index in [-0.39, 0.29) is 5.56 Å². The van der Waals surface area contributed by atoms with Crippen molar-refractivity contribution in [2.75, 3.05) is 0 Å². The molecule has 5 heteroatoms. The first kappa shape index (κ1) is 10.7. The lowest BCUT2D eigenvalue weighted by Crippen LogP contribution is -2.15. The molecule has 0 aliphatic carbocycles. The second-order valence-electron chi connectivity index (χ2n) is 4.00. The first-order valence-corrected chi connectivity index (χ1v) is 6.41. The molecular formula is C12H9ClN2OS. The minimum Gasteiger partial charge on any atom is -0.268 e. The van der Waals surface area contributed by atoms with Crippen LogP contribution < -0.4 is 5.56 Å². The van der Waals surface area contributed by atoms with Gasteiger partial charge in [0.25, 0.3) is 5.56 Å². The molecule has 0 aliphatic heterocycles. The Balaban J connectivity index is 2.71. The maximum absolute atomic E-state index is 12.4. The number of hydrogen-bond acceptors (Lipinski definition) is 3. The summed E-state index contributed by atoms with van der Waals surface area (Å²) in [7, 11) is 0. The molecule has 3 aromatic rings. The molecule has 0 atom stereocenters. The Morgan fingerprint density at radius 1 is 1.35 bits per heavy atom. The first-order valence-electron chi connectivity index (χ1n) is 5.15. The van der Waals surface area contributed by atoms with Gasteiger partial charge in [-0.15, -0.1) is 11.3 Å². The van der Waals surface area contributed by atoms with Gasteiger partial charge in [-0.1, -0.05) is 17.7 Å². The topological polar surface area (TPSA) is 34.4 Å². The number of rotatable bonds is 0. The van der Waals surface area contributed by atoms with E-state index in [0.717, 1.165) is 11.3 Å². The molecule has 2 heterocycles. The minimum absolute atomic E-state index is 0.0857. The largest absolute Gasteiger partial charge is 0.268 e. The standard InChI is InChI=1S/C12H9ClN2OS/c1-6-3-4-8(13)9-10(6)14-12-15(11(9)16)7(2)5-17-12/h3-5H,1-2H3. The lowest BCUT2D eigenvalue weighted by molar-refractivity contribution is 1.05. The fraction of sp³-hybridized carbons (Fsp3) is 0.167. The van der Waals surface area contributed by atoms with Crippen LogP contribution >= 0.6 is 22.9 Å². The van der Waals surface area contributed by atoms with Crippen molar-refractivity contribution in [1.29, 1.82) is 0 Å². The van der Waals surface area contributed by atoms with Crippen molar-refractivity contribution in [2.45, 2.75) is 13.8 Å². The predicted molar refractivity (Wildman–Crippen MR) is 71.3 cm³/mol. The molecular weight excluding hydrogens is 256 g/mol. The summed E-state index contributed by atoms with van der Waals surface area (Å²) >= 11 is 7.57. The maximum Gasteiger partial charge on any atom is 0.268 e. The highest BCUT2D eigenvalue weighted by molar-refractivity contribution is 7.15. The van der Waals surface area contributed by atoms with Crippen molar-refractivity contribution in [2.24, 2.45) is 0 Å². The molecule has 0 unspecified atom stereocenters. The van der Waals surface area contributed by atoms with Gasteiger partial charge in [0.05, 0.1) is 15.9 Å². The van der Waals surface area contributed by atoms with Crippen LogP contribution in [0.5, 0.6) is 0 Å². The third-order valence-electron chi connectivity index (χ3n) is 2.83. The average Bonchev–Trinajstić information content (AvgIpc) is 2.66. The zero-order chi connectivity index (χ0) is 12.2. The van der Waals surface area contributed by atoms with E-state index < -0.39 is 0 Å². The van der Waals surface area contributed by atoms with E-state index in [1.54, 1.807) is 10.5 Å². The van der Waals surface area contributed by atoms with Crippen molar-refractivity contribution >= 4 is 38.8 Å². The van der Waals surface area contributed by atoms with E-state index in [4.69, 9.17) is 11.6 Å². The average molecular weight is 265 g/mol. The Kier molecular flexibility index (Phi) is 2.24. The number of fused-ring (bicyclic) bond motifs is 2. The molecule has 1 aromatic carbocycles. The van der Waals surface area contributed by atoms with Gasteiger partial charge in [0.15, 0.2) is 4.96 Å². The number of thiazole rings is 1. The predicted octanol–water partition coefficient (Wildman–Crippen LogP) is 3.18. The SMILES string of the molecule is Cc1ccc(Cl)c2c(=O)n3c(C)csc3nc12. The van der Waals surface area contributed by atoms with Crippen LogP contribution in [0.2, 0.25) is 5.02 Å². The monoisotopic (exact) mass is 264 g/mol. The molecule has 2 aromatic heterocycles. The van der Waals surface area contributed by atoms with Gasteiger partial charge in [0.2, 0.25) is 0 Å². The van der Waals surface area contributed by atoms with Crippen LogP contribution in [-0.4, -0.2) is 9.38 Å². The van der Waals surface area contributed by atoms with Gasteiger partial charge in [0, 0.05) is 11.1 Å². The molecule has 17 heavy (non-hydrogen) atoms. The van der Waals surface area contributed by atoms with Gasteiger partial charge in [0.1, 0.15) is 0 Å². The van der Waals surface area contributed by atoms with Crippen LogP contribution in [0.4, 0.5) is 0 Å². The molecule has 0 saturated heterocycles. The third kappa shape index (κ3) is 1.41. The van der Waals surface area contributed by atoms with E-state index >= 15 is 0 Å². The van der Waals surface area contributed by atoms with Gasteiger partial charge in [-0.3, -0.25) is 9.20 Å². The summed E-state index contributed by atoms with van der Waals surface area (Å²) < 4.78 is 1.61. The summed E-state index contributed by atoms with van der Waals surface area (Å²) in [5.41, 5.74) is 2.47. The highest BCUT2D eigenvalue weighted by Crippen LogP contribution is 2.24. The van der Waals surface area contributed by atoms with Gasteiger partial charge in [-0.05, 0) is 25.5 Å². The van der Waals surface area contributed by atoms with E-state index in [1.165, 1.54) is 11.3 Å². The number of aryl methyl sites for hydroxylation is 2. The Labute approximate surface area is 106 Å². The fourth-order valence-corrected chi connectivity index (χ4v) is 3.03. The van der Waals surface area contributed by atoms with Gasteiger partial charge >= 0.3 is 0 Å². The normalized spacial score (nSPS) is 11.5. The molecule has 3 rings (SSSR count). The Morgan fingerprint density at radius 3 is 2.88 bits per heavy atom. The zero-order valence-electron chi connectivity index (χ0n) is 9.32. The molecule has 0 aliphatic rings. The molecule has 86 valence electrons. The Hall–Kier alpha value is -1.39. The summed E-state index contributed by atoms with van der Waals surface area (Å²) in [6.07, 6.45) is 0. The Bertz CT molecular complexity index is 803. The van der Waals surface area contributed by atoms with Crippen LogP contribution in [0.25, 0.3) is 15.9 Å². The fourth-order valence-electron chi connectivity index (χ4n) is 1.94. The molecule has 0 bridgehead atoms. The zero-order valence-corrected chi connectivity index (χ0v) is 10.9. The molecule has 0 spiro atoms. The maximum atomic E-state index is 12.4. The number of benzene rings is 1. The van der Waals surface area contributed by atoms with Crippen molar-refractivity contribution in [3.8, 4) is 0 Å². The summed E-state index contributed by atoms with van der Waals surface area (Å²) in [6.45, 7) is 3.82. The molecule has 3 nitrogen and oxygen atoms in total. The summed E-state index contributed by atoms with van der Waals surface area (Å²) in [5, 5.41) is 2.89. The number of hydrogen-bond donors (Lipinski definition) is 0. The van der Waals surface area contributed by atoms with Crippen molar-refractivity contribution in [1.82, 2.24) is 9.38 Å². The van der Waals surface area contributed by atoms with Gasteiger partial charge in [-0.2, -0.15) is 0 Å². The number of nitrogens with zero attached hydrogens (tertiary/aromatic N) is 2. The number of halogens is 1. The van der Waals surface area contributed by atoms with Gasteiger partial charge < -0.3 is 0 Å². The van der Waals surface area contributed by atoms with Crippen LogP contribution in [-0.2, 0) is 0 Å². The molecule has 0 fully saturated rings. The molecule has 0 amide bonds. The highest BCUT2D eigenvalue weighted by atomic mass is 35.5.